The molecule has 6 nitrogen and oxygen atoms in total. The molecule has 1 atom stereocenters. The first kappa shape index (κ1) is 28.2. The maximum atomic E-state index is 13.8. The normalized spacial score (nSPS) is 12.3. The zero-order valence-electron chi connectivity index (χ0n) is 21.8. The lowest BCUT2D eigenvalue weighted by atomic mass is 10.0. The summed E-state index contributed by atoms with van der Waals surface area (Å²) in [6, 6.07) is 29.5. The third-order valence-corrected chi connectivity index (χ3v) is 8.36. The van der Waals surface area contributed by atoms with Gasteiger partial charge in [-0.3, -0.25) is 4.79 Å². The van der Waals surface area contributed by atoms with Crippen molar-refractivity contribution in [3.63, 3.8) is 0 Å². The van der Waals surface area contributed by atoms with Gasteiger partial charge in [0.15, 0.2) is 0 Å². The van der Waals surface area contributed by atoms with Crippen LogP contribution in [0, 0.1) is 5.82 Å². The Morgan fingerprint density at radius 2 is 1.56 bits per heavy atom. The van der Waals surface area contributed by atoms with Gasteiger partial charge in [0.1, 0.15) is 5.82 Å². The Kier molecular flexibility index (Phi) is 9.24. The van der Waals surface area contributed by atoms with Gasteiger partial charge >= 0.3 is 0 Å². The summed E-state index contributed by atoms with van der Waals surface area (Å²) in [6.45, 7) is 2.37. The topological polar surface area (TPSA) is 92.5 Å². The molecule has 0 heterocycles. The number of nitrogens with two attached hydrogens (primary N) is 1. The molecule has 0 saturated heterocycles. The summed E-state index contributed by atoms with van der Waals surface area (Å²) < 4.78 is 42.4. The van der Waals surface area contributed by atoms with E-state index in [1.165, 1.54) is 28.6 Å². The van der Waals surface area contributed by atoms with Crippen LogP contribution < -0.4 is 11.1 Å². The van der Waals surface area contributed by atoms with Crippen molar-refractivity contribution in [2.75, 3.05) is 13.1 Å². The SMILES string of the molecule is CC(CN(CC(=O)NCc1cccc(CN)c1)S(=O)(=O)c1ccc(-c2cccc(F)c2)cc1)c1ccccc1. The van der Waals surface area contributed by atoms with Crippen LogP contribution in [0.4, 0.5) is 4.39 Å². The molecule has 4 aromatic carbocycles. The van der Waals surface area contributed by atoms with Crippen LogP contribution in [0.2, 0.25) is 0 Å². The van der Waals surface area contributed by atoms with Gasteiger partial charge in [0, 0.05) is 19.6 Å². The van der Waals surface area contributed by atoms with E-state index in [0.717, 1.165) is 16.7 Å². The molecule has 0 aliphatic carbocycles. The highest BCUT2D eigenvalue weighted by atomic mass is 32.2. The molecule has 4 aromatic rings. The highest BCUT2D eigenvalue weighted by Crippen LogP contribution is 2.25. The molecule has 202 valence electrons. The third kappa shape index (κ3) is 7.38. The van der Waals surface area contributed by atoms with E-state index in [9.17, 15) is 17.6 Å². The van der Waals surface area contributed by atoms with Gasteiger partial charge < -0.3 is 11.1 Å². The summed E-state index contributed by atoms with van der Waals surface area (Å²) in [7, 11) is -4.02. The Hall–Kier alpha value is -3.85. The number of amides is 1. The minimum atomic E-state index is -4.02. The van der Waals surface area contributed by atoms with E-state index in [2.05, 4.69) is 5.32 Å². The number of nitrogens with one attached hydrogen (secondary N) is 1. The number of benzene rings is 4. The van der Waals surface area contributed by atoms with Gasteiger partial charge in [-0.25, -0.2) is 12.8 Å². The van der Waals surface area contributed by atoms with Crippen molar-refractivity contribution in [2.24, 2.45) is 5.73 Å². The van der Waals surface area contributed by atoms with Crippen molar-refractivity contribution in [1.82, 2.24) is 9.62 Å². The zero-order valence-corrected chi connectivity index (χ0v) is 22.6. The summed E-state index contributed by atoms with van der Waals surface area (Å²) in [4.78, 5) is 13.0. The lowest BCUT2D eigenvalue weighted by Gasteiger charge is -2.25. The lowest BCUT2D eigenvalue weighted by molar-refractivity contribution is -0.121. The zero-order chi connectivity index (χ0) is 27.8. The summed E-state index contributed by atoms with van der Waals surface area (Å²) in [5.74, 6) is -0.930. The fourth-order valence-electron chi connectivity index (χ4n) is 4.36. The fourth-order valence-corrected chi connectivity index (χ4v) is 5.85. The highest BCUT2D eigenvalue weighted by Gasteiger charge is 2.28. The molecule has 0 aromatic heterocycles. The van der Waals surface area contributed by atoms with Crippen LogP contribution in [0.3, 0.4) is 0 Å². The maximum absolute atomic E-state index is 13.8. The van der Waals surface area contributed by atoms with E-state index in [1.54, 1.807) is 24.3 Å². The van der Waals surface area contributed by atoms with Crippen LogP contribution in [-0.4, -0.2) is 31.7 Å². The average Bonchev–Trinajstić information content (AvgIpc) is 2.96. The predicted octanol–water partition coefficient (Wildman–Crippen LogP) is 5.06. The van der Waals surface area contributed by atoms with Gasteiger partial charge in [0.25, 0.3) is 0 Å². The average molecular weight is 546 g/mol. The molecule has 3 N–H and O–H groups in total. The Bertz CT molecular complexity index is 1510. The van der Waals surface area contributed by atoms with E-state index < -0.39 is 15.9 Å². The van der Waals surface area contributed by atoms with Gasteiger partial charge in [-0.15, -0.1) is 0 Å². The monoisotopic (exact) mass is 545 g/mol. The molecule has 8 heteroatoms. The second-order valence-electron chi connectivity index (χ2n) is 9.44. The van der Waals surface area contributed by atoms with Crippen LogP contribution in [0.15, 0.2) is 108 Å². The largest absolute Gasteiger partial charge is 0.351 e. The second kappa shape index (κ2) is 12.8. The van der Waals surface area contributed by atoms with Crippen molar-refractivity contribution in [1.29, 1.82) is 0 Å². The molecule has 1 amide bonds. The first-order valence-corrected chi connectivity index (χ1v) is 14.2. The number of hydrogen-bond acceptors (Lipinski definition) is 4. The summed E-state index contributed by atoms with van der Waals surface area (Å²) in [6.07, 6.45) is 0. The lowest BCUT2D eigenvalue weighted by Crippen LogP contribution is -2.42. The molecular weight excluding hydrogens is 513 g/mol. The molecule has 0 bridgehead atoms. The van der Waals surface area contributed by atoms with Crippen LogP contribution in [-0.2, 0) is 27.9 Å². The van der Waals surface area contributed by atoms with Gasteiger partial charge in [-0.2, -0.15) is 4.31 Å². The quantitative estimate of drug-likeness (QED) is 0.276. The Morgan fingerprint density at radius 1 is 0.872 bits per heavy atom. The smallest absolute Gasteiger partial charge is 0.243 e. The number of sulfonamides is 1. The van der Waals surface area contributed by atoms with E-state index in [1.807, 2.05) is 61.5 Å². The van der Waals surface area contributed by atoms with E-state index in [4.69, 9.17) is 5.73 Å². The van der Waals surface area contributed by atoms with E-state index in [0.29, 0.717) is 17.7 Å². The first-order chi connectivity index (χ1) is 18.8. The third-order valence-electron chi connectivity index (χ3n) is 6.53. The molecule has 4 rings (SSSR count). The minimum absolute atomic E-state index is 0.0614. The minimum Gasteiger partial charge on any atom is -0.351 e. The van der Waals surface area contributed by atoms with Crippen molar-refractivity contribution in [3.05, 3.63) is 126 Å². The molecule has 0 radical (unpaired) electrons. The van der Waals surface area contributed by atoms with Gasteiger partial charge in [0.2, 0.25) is 15.9 Å². The van der Waals surface area contributed by atoms with Crippen molar-refractivity contribution in [2.45, 2.75) is 30.8 Å². The number of carbonyl (C=O) groups excluding carboxylic acids is 1. The molecule has 0 saturated carbocycles. The van der Waals surface area contributed by atoms with E-state index in [-0.39, 0.29) is 36.3 Å². The first-order valence-electron chi connectivity index (χ1n) is 12.7. The number of nitrogens with zero attached hydrogens (tertiary/aromatic N) is 1. The molecular formula is C31H32FN3O3S. The van der Waals surface area contributed by atoms with Crippen LogP contribution >= 0.6 is 0 Å². The summed E-state index contributed by atoms with van der Waals surface area (Å²) in [5, 5.41) is 2.83. The summed E-state index contributed by atoms with van der Waals surface area (Å²) >= 11 is 0. The number of halogens is 1. The highest BCUT2D eigenvalue weighted by molar-refractivity contribution is 7.89. The molecule has 0 aliphatic rings. The van der Waals surface area contributed by atoms with Crippen molar-refractivity contribution in [3.8, 4) is 11.1 Å². The van der Waals surface area contributed by atoms with Crippen molar-refractivity contribution < 1.29 is 17.6 Å². The summed E-state index contributed by atoms with van der Waals surface area (Å²) in [5.41, 5.74) is 9.84. The molecule has 39 heavy (non-hydrogen) atoms. The maximum Gasteiger partial charge on any atom is 0.243 e. The predicted molar refractivity (Wildman–Crippen MR) is 152 cm³/mol. The second-order valence-corrected chi connectivity index (χ2v) is 11.4. The molecule has 1 unspecified atom stereocenters. The number of hydrogen-bond donors (Lipinski definition) is 2. The van der Waals surface area contributed by atoms with Crippen LogP contribution in [0.25, 0.3) is 11.1 Å². The Morgan fingerprint density at radius 3 is 2.26 bits per heavy atom. The molecule has 0 fully saturated rings. The Labute approximate surface area is 229 Å². The van der Waals surface area contributed by atoms with Crippen molar-refractivity contribution >= 4 is 15.9 Å². The van der Waals surface area contributed by atoms with Gasteiger partial charge in [-0.05, 0) is 58.0 Å². The van der Waals surface area contributed by atoms with Crippen LogP contribution in [0.5, 0.6) is 0 Å². The number of rotatable bonds is 11. The number of carbonyl (C=O) groups is 1. The standard InChI is InChI=1S/C31H32FN3O3S/c1-23(26-9-3-2-4-10-26)21-35(22-31(36)34-20-25-8-5-7-24(17-25)19-33)39(37,38)30-15-13-27(14-16-30)28-11-6-12-29(32)18-28/h2-18,23H,19-22,33H2,1H3,(H,34,36). The van der Waals surface area contributed by atoms with Crippen LogP contribution in [0.1, 0.15) is 29.5 Å². The fraction of sp³-hybridized carbons (Fsp3) is 0.194. The molecule has 0 spiro atoms. The Balaban J connectivity index is 1.55. The molecule has 0 aliphatic heterocycles. The van der Waals surface area contributed by atoms with E-state index >= 15 is 0 Å². The van der Waals surface area contributed by atoms with Gasteiger partial charge in [-0.1, -0.05) is 85.8 Å². The van der Waals surface area contributed by atoms with Gasteiger partial charge in [0.05, 0.1) is 11.4 Å².